The minimum Gasteiger partial charge on any atom is -0.497 e. The number of hydrogen-bond donors (Lipinski definition) is 1. The van der Waals surface area contributed by atoms with E-state index in [0.717, 1.165) is 11.0 Å². The third-order valence-electron chi connectivity index (χ3n) is 4.02. The van der Waals surface area contributed by atoms with E-state index in [1.807, 2.05) is 24.3 Å². The van der Waals surface area contributed by atoms with Crippen LogP contribution in [0.25, 0.3) is 11.0 Å². The summed E-state index contributed by atoms with van der Waals surface area (Å²) >= 11 is 0. The van der Waals surface area contributed by atoms with E-state index in [2.05, 4.69) is 5.32 Å². The van der Waals surface area contributed by atoms with Crippen LogP contribution in [0.3, 0.4) is 0 Å². The lowest BCUT2D eigenvalue weighted by Crippen LogP contribution is -2.31. The number of amides is 1. The highest BCUT2D eigenvalue weighted by molar-refractivity contribution is 5.94. The van der Waals surface area contributed by atoms with Gasteiger partial charge in [0.1, 0.15) is 5.75 Å². The smallest absolute Gasteiger partial charge is 0.328 e. The molecule has 0 spiro atoms. The summed E-state index contributed by atoms with van der Waals surface area (Å²) < 4.78 is 8.35. The van der Waals surface area contributed by atoms with Crippen molar-refractivity contribution in [3.8, 4) is 5.75 Å². The molecule has 0 fully saturated rings. The number of imidazole rings is 1. The minimum atomic E-state index is -0.175. The number of fused-ring (bicyclic) bond motifs is 1. The molecular weight excluding hydrogens is 306 g/mol. The topological polar surface area (TPSA) is 65.3 Å². The second-order valence-corrected chi connectivity index (χ2v) is 5.47. The maximum atomic E-state index is 12.3. The van der Waals surface area contributed by atoms with Crippen molar-refractivity contribution in [1.82, 2.24) is 14.5 Å². The Hall–Kier alpha value is -3.02. The van der Waals surface area contributed by atoms with Crippen LogP contribution >= 0.6 is 0 Å². The van der Waals surface area contributed by atoms with Crippen LogP contribution in [0.4, 0.5) is 0 Å². The zero-order chi connectivity index (χ0) is 17.1. The third kappa shape index (κ3) is 2.90. The number of ether oxygens (including phenoxy) is 1. The predicted octanol–water partition coefficient (Wildman–Crippen LogP) is 1.78. The molecule has 2 aromatic carbocycles. The van der Waals surface area contributed by atoms with Gasteiger partial charge in [0.2, 0.25) is 0 Å². The first kappa shape index (κ1) is 15.9. The molecule has 1 amide bonds. The Morgan fingerprint density at radius 2 is 1.75 bits per heavy atom. The quantitative estimate of drug-likeness (QED) is 0.778. The van der Waals surface area contributed by atoms with E-state index in [9.17, 15) is 9.59 Å². The molecule has 0 radical (unpaired) electrons. The van der Waals surface area contributed by atoms with Crippen molar-refractivity contribution in [3.63, 3.8) is 0 Å². The van der Waals surface area contributed by atoms with Crippen LogP contribution in [-0.2, 0) is 13.6 Å². The average Bonchev–Trinajstić information content (AvgIpc) is 2.87. The van der Waals surface area contributed by atoms with E-state index in [4.69, 9.17) is 4.74 Å². The SMILES string of the molecule is COc1ccc(C(=O)NCCn2c(=O)n(C)c3ccccc32)cc1. The number of nitrogens with one attached hydrogen (secondary N) is 1. The molecule has 0 atom stereocenters. The van der Waals surface area contributed by atoms with Crippen molar-refractivity contribution >= 4 is 16.9 Å². The first-order valence-electron chi connectivity index (χ1n) is 7.68. The summed E-state index contributed by atoms with van der Waals surface area (Å²) in [6, 6.07) is 14.5. The summed E-state index contributed by atoms with van der Waals surface area (Å²) in [6.07, 6.45) is 0. The Kier molecular flexibility index (Phi) is 4.37. The van der Waals surface area contributed by atoms with Crippen molar-refractivity contribution in [2.45, 2.75) is 6.54 Å². The highest BCUT2D eigenvalue weighted by Gasteiger charge is 2.10. The molecule has 124 valence electrons. The molecule has 0 bridgehead atoms. The van der Waals surface area contributed by atoms with Gasteiger partial charge in [-0.3, -0.25) is 13.9 Å². The molecule has 0 saturated carbocycles. The number of rotatable bonds is 5. The van der Waals surface area contributed by atoms with Crippen molar-refractivity contribution in [1.29, 1.82) is 0 Å². The number of benzene rings is 2. The molecule has 6 heteroatoms. The summed E-state index contributed by atoms with van der Waals surface area (Å²) in [6.45, 7) is 0.793. The molecule has 1 aromatic heterocycles. The maximum Gasteiger partial charge on any atom is 0.328 e. The van der Waals surface area contributed by atoms with Gasteiger partial charge < -0.3 is 10.1 Å². The number of carbonyl (C=O) groups excluding carboxylic acids is 1. The largest absolute Gasteiger partial charge is 0.497 e. The average molecular weight is 325 g/mol. The lowest BCUT2D eigenvalue weighted by Gasteiger charge is -2.07. The van der Waals surface area contributed by atoms with Crippen LogP contribution in [0.15, 0.2) is 53.3 Å². The zero-order valence-electron chi connectivity index (χ0n) is 13.7. The lowest BCUT2D eigenvalue weighted by atomic mass is 10.2. The summed E-state index contributed by atoms with van der Waals surface area (Å²) in [4.78, 5) is 24.4. The lowest BCUT2D eigenvalue weighted by molar-refractivity contribution is 0.0952. The number of para-hydroxylation sites is 2. The number of carbonyl (C=O) groups is 1. The summed E-state index contributed by atoms with van der Waals surface area (Å²) in [5.74, 6) is 0.528. The molecule has 0 saturated heterocycles. The van der Waals surface area contributed by atoms with E-state index >= 15 is 0 Å². The fraction of sp³-hybridized carbons (Fsp3) is 0.222. The van der Waals surface area contributed by atoms with Gasteiger partial charge in [-0.25, -0.2) is 4.79 Å². The van der Waals surface area contributed by atoms with Crippen LogP contribution in [-0.4, -0.2) is 28.7 Å². The molecular formula is C18H19N3O3. The molecule has 3 rings (SSSR count). The first-order valence-corrected chi connectivity index (χ1v) is 7.68. The van der Waals surface area contributed by atoms with Crippen LogP contribution < -0.4 is 15.7 Å². The van der Waals surface area contributed by atoms with Gasteiger partial charge in [0.15, 0.2) is 0 Å². The van der Waals surface area contributed by atoms with Crippen molar-refractivity contribution in [2.24, 2.45) is 7.05 Å². The Morgan fingerprint density at radius 3 is 2.42 bits per heavy atom. The molecule has 0 aliphatic rings. The number of methoxy groups -OCH3 is 1. The van der Waals surface area contributed by atoms with Crippen LogP contribution in [0.2, 0.25) is 0 Å². The highest BCUT2D eigenvalue weighted by Crippen LogP contribution is 2.12. The van der Waals surface area contributed by atoms with Gasteiger partial charge in [0, 0.05) is 25.7 Å². The minimum absolute atomic E-state index is 0.0881. The van der Waals surface area contributed by atoms with Crippen LogP contribution in [0, 0.1) is 0 Å². The third-order valence-corrected chi connectivity index (χ3v) is 4.02. The van der Waals surface area contributed by atoms with E-state index in [0.29, 0.717) is 24.4 Å². The Bertz CT molecular complexity index is 923. The molecule has 1 heterocycles. The Labute approximate surface area is 139 Å². The Balaban J connectivity index is 1.69. The van der Waals surface area contributed by atoms with Crippen molar-refractivity contribution in [3.05, 3.63) is 64.6 Å². The predicted molar refractivity (Wildman–Crippen MR) is 92.5 cm³/mol. The molecule has 3 aromatic rings. The summed E-state index contributed by atoms with van der Waals surface area (Å²) in [5.41, 5.74) is 2.21. The van der Waals surface area contributed by atoms with E-state index < -0.39 is 0 Å². The monoisotopic (exact) mass is 325 g/mol. The fourth-order valence-corrected chi connectivity index (χ4v) is 2.70. The maximum absolute atomic E-state index is 12.3. The second-order valence-electron chi connectivity index (χ2n) is 5.47. The summed E-state index contributed by atoms with van der Waals surface area (Å²) in [5, 5.41) is 2.84. The molecule has 6 nitrogen and oxygen atoms in total. The van der Waals surface area contributed by atoms with Gasteiger partial charge >= 0.3 is 5.69 Å². The van der Waals surface area contributed by atoms with E-state index in [1.54, 1.807) is 47.6 Å². The number of aromatic nitrogens is 2. The van der Waals surface area contributed by atoms with Gasteiger partial charge in [-0.05, 0) is 36.4 Å². The number of nitrogens with zero attached hydrogens (tertiary/aromatic N) is 2. The Morgan fingerprint density at radius 1 is 1.08 bits per heavy atom. The first-order chi connectivity index (χ1) is 11.6. The van der Waals surface area contributed by atoms with Gasteiger partial charge in [0.25, 0.3) is 5.91 Å². The van der Waals surface area contributed by atoms with Gasteiger partial charge in [0.05, 0.1) is 18.1 Å². The zero-order valence-corrected chi connectivity index (χ0v) is 13.7. The van der Waals surface area contributed by atoms with Gasteiger partial charge in [-0.1, -0.05) is 12.1 Å². The van der Waals surface area contributed by atoms with Gasteiger partial charge in [-0.2, -0.15) is 0 Å². The fourth-order valence-electron chi connectivity index (χ4n) is 2.70. The molecule has 1 N–H and O–H groups in total. The normalized spacial score (nSPS) is 10.8. The van der Waals surface area contributed by atoms with Crippen LogP contribution in [0.5, 0.6) is 5.75 Å². The molecule has 0 aliphatic carbocycles. The van der Waals surface area contributed by atoms with Gasteiger partial charge in [-0.15, -0.1) is 0 Å². The number of hydrogen-bond acceptors (Lipinski definition) is 3. The molecule has 0 aliphatic heterocycles. The second kappa shape index (κ2) is 6.62. The van der Waals surface area contributed by atoms with E-state index in [1.165, 1.54) is 0 Å². The van der Waals surface area contributed by atoms with E-state index in [-0.39, 0.29) is 11.6 Å². The highest BCUT2D eigenvalue weighted by atomic mass is 16.5. The van der Waals surface area contributed by atoms with Crippen LogP contribution in [0.1, 0.15) is 10.4 Å². The number of aryl methyl sites for hydroxylation is 1. The molecule has 0 unspecified atom stereocenters. The van der Waals surface area contributed by atoms with Crippen molar-refractivity contribution in [2.75, 3.05) is 13.7 Å². The molecule has 24 heavy (non-hydrogen) atoms. The summed E-state index contributed by atoms with van der Waals surface area (Å²) in [7, 11) is 3.33. The van der Waals surface area contributed by atoms with Crippen molar-refractivity contribution < 1.29 is 9.53 Å². The standard InChI is InChI=1S/C18H19N3O3/c1-20-15-5-3-4-6-16(15)21(18(20)23)12-11-19-17(22)13-7-9-14(24-2)10-8-13/h3-10H,11-12H2,1-2H3,(H,19,22).